The Labute approximate surface area is 76.9 Å². The summed E-state index contributed by atoms with van der Waals surface area (Å²) in [6.07, 6.45) is 0.490. The Hall–Kier alpha value is -1.26. The molecule has 0 bridgehead atoms. The molecule has 0 amide bonds. The lowest BCUT2D eigenvalue weighted by molar-refractivity contribution is 0.480. The van der Waals surface area contributed by atoms with Crippen molar-refractivity contribution in [3.8, 4) is 0 Å². The zero-order valence-corrected chi connectivity index (χ0v) is 7.97. The molecular formula is C8H15FN4. The molecule has 0 unspecified atom stereocenters. The lowest BCUT2D eigenvalue weighted by Crippen LogP contribution is -2.08. The number of aryl methyl sites for hydroxylation is 2. The Kier molecular flexibility index (Phi) is 3.11. The summed E-state index contributed by atoms with van der Waals surface area (Å²) in [5, 5.41) is 7.16. The number of rotatable bonds is 4. The maximum atomic E-state index is 11.8. The SMILES string of the molecule is Cc1nn(C)c(NCCCF)c1N. The highest BCUT2D eigenvalue weighted by Gasteiger charge is 2.08. The van der Waals surface area contributed by atoms with Gasteiger partial charge in [0.25, 0.3) is 0 Å². The summed E-state index contributed by atoms with van der Waals surface area (Å²) in [4.78, 5) is 0. The van der Waals surface area contributed by atoms with Gasteiger partial charge >= 0.3 is 0 Å². The van der Waals surface area contributed by atoms with Gasteiger partial charge in [0.2, 0.25) is 0 Å². The Balaban J connectivity index is 2.64. The monoisotopic (exact) mass is 186 g/mol. The fraction of sp³-hybridized carbons (Fsp3) is 0.625. The Morgan fingerprint density at radius 3 is 2.77 bits per heavy atom. The van der Waals surface area contributed by atoms with E-state index in [1.54, 1.807) is 11.7 Å². The van der Waals surface area contributed by atoms with E-state index in [2.05, 4.69) is 10.4 Å². The van der Waals surface area contributed by atoms with Gasteiger partial charge in [-0.3, -0.25) is 9.07 Å². The van der Waals surface area contributed by atoms with Crippen molar-refractivity contribution >= 4 is 11.5 Å². The molecular weight excluding hydrogens is 171 g/mol. The van der Waals surface area contributed by atoms with Crippen LogP contribution in [0.25, 0.3) is 0 Å². The number of halogens is 1. The second-order valence-electron chi connectivity index (χ2n) is 2.94. The minimum Gasteiger partial charge on any atom is -0.394 e. The highest BCUT2D eigenvalue weighted by molar-refractivity contribution is 5.64. The zero-order chi connectivity index (χ0) is 9.84. The molecule has 1 aromatic heterocycles. The molecule has 1 heterocycles. The van der Waals surface area contributed by atoms with Gasteiger partial charge in [0.1, 0.15) is 5.82 Å². The molecule has 0 saturated carbocycles. The van der Waals surface area contributed by atoms with Crippen molar-refractivity contribution in [2.24, 2.45) is 7.05 Å². The number of alkyl halides is 1. The van der Waals surface area contributed by atoms with Gasteiger partial charge in [-0.05, 0) is 13.3 Å². The first-order valence-electron chi connectivity index (χ1n) is 4.25. The zero-order valence-electron chi connectivity index (χ0n) is 7.97. The van der Waals surface area contributed by atoms with Crippen LogP contribution in [0.3, 0.4) is 0 Å². The largest absolute Gasteiger partial charge is 0.394 e. The normalized spacial score (nSPS) is 10.4. The van der Waals surface area contributed by atoms with Gasteiger partial charge in [0.15, 0.2) is 0 Å². The van der Waals surface area contributed by atoms with Crippen LogP contribution < -0.4 is 11.1 Å². The first-order chi connectivity index (χ1) is 6.16. The third kappa shape index (κ3) is 2.11. The van der Waals surface area contributed by atoms with Crippen LogP contribution in [0, 0.1) is 6.92 Å². The molecule has 0 radical (unpaired) electrons. The predicted octanol–water partition coefficient (Wildman–Crippen LogP) is 1.08. The minimum absolute atomic E-state index is 0.316. The van der Waals surface area contributed by atoms with Gasteiger partial charge in [-0.1, -0.05) is 0 Å². The number of hydrogen-bond acceptors (Lipinski definition) is 3. The van der Waals surface area contributed by atoms with Gasteiger partial charge in [-0.2, -0.15) is 5.10 Å². The van der Waals surface area contributed by atoms with Crippen LogP contribution >= 0.6 is 0 Å². The maximum Gasteiger partial charge on any atom is 0.147 e. The van der Waals surface area contributed by atoms with Crippen LogP contribution in [-0.4, -0.2) is 23.0 Å². The van der Waals surface area contributed by atoms with Crippen molar-refractivity contribution in [1.82, 2.24) is 9.78 Å². The minimum atomic E-state index is -0.316. The molecule has 1 aromatic rings. The Bertz CT molecular complexity index is 282. The van der Waals surface area contributed by atoms with Crippen molar-refractivity contribution in [1.29, 1.82) is 0 Å². The van der Waals surface area contributed by atoms with Gasteiger partial charge in [0, 0.05) is 13.6 Å². The van der Waals surface area contributed by atoms with E-state index in [0.717, 1.165) is 11.5 Å². The fourth-order valence-electron chi connectivity index (χ4n) is 1.16. The molecule has 5 heteroatoms. The van der Waals surface area contributed by atoms with Gasteiger partial charge in [-0.25, -0.2) is 0 Å². The van der Waals surface area contributed by atoms with Gasteiger partial charge in [-0.15, -0.1) is 0 Å². The first kappa shape index (κ1) is 9.83. The molecule has 1 rings (SSSR count). The summed E-state index contributed by atoms with van der Waals surface area (Å²) in [5.41, 5.74) is 7.18. The van der Waals surface area contributed by atoms with Crippen LogP contribution in [0.2, 0.25) is 0 Å². The Morgan fingerprint density at radius 2 is 2.31 bits per heavy atom. The number of nitrogens with one attached hydrogen (secondary N) is 1. The first-order valence-corrected chi connectivity index (χ1v) is 4.25. The number of hydrogen-bond donors (Lipinski definition) is 2. The lowest BCUT2D eigenvalue weighted by Gasteiger charge is -2.05. The van der Waals surface area contributed by atoms with E-state index in [-0.39, 0.29) is 6.67 Å². The highest BCUT2D eigenvalue weighted by Crippen LogP contribution is 2.20. The molecule has 13 heavy (non-hydrogen) atoms. The van der Waals surface area contributed by atoms with Crippen LogP contribution in [0.1, 0.15) is 12.1 Å². The van der Waals surface area contributed by atoms with E-state index in [1.807, 2.05) is 6.92 Å². The molecule has 0 spiro atoms. The van der Waals surface area contributed by atoms with Crippen LogP contribution in [-0.2, 0) is 7.05 Å². The number of anilines is 2. The summed E-state index contributed by atoms with van der Waals surface area (Å²) in [5.74, 6) is 0.769. The van der Waals surface area contributed by atoms with E-state index >= 15 is 0 Å². The van der Waals surface area contributed by atoms with Crippen LogP contribution in [0.5, 0.6) is 0 Å². The second kappa shape index (κ2) is 4.11. The molecule has 0 saturated heterocycles. The molecule has 0 fully saturated rings. The van der Waals surface area contributed by atoms with Gasteiger partial charge in [0.05, 0.1) is 18.1 Å². The summed E-state index contributed by atoms with van der Waals surface area (Å²) >= 11 is 0. The third-order valence-electron chi connectivity index (χ3n) is 1.87. The molecule has 4 nitrogen and oxygen atoms in total. The summed E-state index contributed by atoms with van der Waals surface area (Å²) in [6.45, 7) is 2.11. The maximum absolute atomic E-state index is 11.8. The number of nitrogens with two attached hydrogens (primary N) is 1. The molecule has 0 aliphatic rings. The van der Waals surface area contributed by atoms with Crippen LogP contribution in [0.15, 0.2) is 0 Å². The summed E-state index contributed by atoms with van der Waals surface area (Å²) < 4.78 is 13.5. The van der Waals surface area contributed by atoms with Crippen molar-refractivity contribution in [2.45, 2.75) is 13.3 Å². The van der Waals surface area contributed by atoms with E-state index in [0.29, 0.717) is 18.7 Å². The number of aromatic nitrogens is 2. The number of nitrogens with zero attached hydrogens (tertiary/aromatic N) is 2. The molecule has 0 aromatic carbocycles. The topological polar surface area (TPSA) is 55.9 Å². The van der Waals surface area contributed by atoms with E-state index in [9.17, 15) is 4.39 Å². The summed E-state index contributed by atoms with van der Waals surface area (Å²) in [7, 11) is 1.81. The van der Waals surface area contributed by atoms with E-state index < -0.39 is 0 Å². The highest BCUT2D eigenvalue weighted by atomic mass is 19.1. The summed E-state index contributed by atoms with van der Waals surface area (Å²) in [6, 6.07) is 0. The molecule has 74 valence electrons. The lowest BCUT2D eigenvalue weighted by atomic mass is 10.4. The quantitative estimate of drug-likeness (QED) is 0.692. The van der Waals surface area contributed by atoms with E-state index in [4.69, 9.17) is 5.73 Å². The number of nitrogen functional groups attached to an aromatic ring is 1. The molecule has 0 atom stereocenters. The molecule has 3 N–H and O–H groups in total. The van der Waals surface area contributed by atoms with Crippen molar-refractivity contribution < 1.29 is 4.39 Å². The van der Waals surface area contributed by atoms with Crippen molar-refractivity contribution in [3.63, 3.8) is 0 Å². The van der Waals surface area contributed by atoms with Crippen molar-refractivity contribution in [3.05, 3.63) is 5.69 Å². The van der Waals surface area contributed by atoms with Gasteiger partial charge < -0.3 is 11.1 Å². The second-order valence-corrected chi connectivity index (χ2v) is 2.94. The van der Waals surface area contributed by atoms with Crippen LogP contribution in [0.4, 0.5) is 15.9 Å². The molecule has 0 aliphatic carbocycles. The standard InChI is InChI=1S/C8H15FN4/c1-6-7(10)8(13(2)12-6)11-5-3-4-9/h11H,3-5,10H2,1-2H3. The van der Waals surface area contributed by atoms with E-state index in [1.165, 1.54) is 0 Å². The predicted molar refractivity (Wildman–Crippen MR) is 51.4 cm³/mol. The third-order valence-corrected chi connectivity index (χ3v) is 1.87. The smallest absolute Gasteiger partial charge is 0.147 e. The average Bonchev–Trinajstić information content (AvgIpc) is 2.32. The van der Waals surface area contributed by atoms with Crippen molar-refractivity contribution in [2.75, 3.05) is 24.3 Å². The molecule has 0 aliphatic heterocycles. The fourth-order valence-corrected chi connectivity index (χ4v) is 1.16. The Morgan fingerprint density at radius 1 is 1.62 bits per heavy atom. The average molecular weight is 186 g/mol.